The smallest absolute Gasteiger partial charge is 0.320 e. The van der Waals surface area contributed by atoms with E-state index in [1.54, 1.807) is 21.0 Å². The van der Waals surface area contributed by atoms with Gasteiger partial charge in [0.05, 0.1) is 6.54 Å². The van der Waals surface area contributed by atoms with Crippen molar-refractivity contribution in [2.75, 3.05) is 20.6 Å². The number of aliphatic carboxylic acids is 1. The molecular formula is C16H28ClN3O4. The Labute approximate surface area is 149 Å². The lowest BCUT2D eigenvalue weighted by Gasteiger charge is -2.32. The van der Waals surface area contributed by atoms with Crippen molar-refractivity contribution in [1.82, 2.24) is 15.1 Å². The summed E-state index contributed by atoms with van der Waals surface area (Å²) in [6, 6.07) is -1.02. The summed E-state index contributed by atoms with van der Waals surface area (Å²) in [6.45, 7) is 1.69. The van der Waals surface area contributed by atoms with E-state index in [1.807, 2.05) is 4.90 Å². The van der Waals surface area contributed by atoms with Gasteiger partial charge in [-0.15, -0.1) is 12.4 Å². The van der Waals surface area contributed by atoms with Crippen molar-refractivity contribution in [2.24, 2.45) is 5.92 Å². The van der Waals surface area contributed by atoms with Gasteiger partial charge >= 0.3 is 5.97 Å². The number of amides is 2. The molecule has 1 aliphatic heterocycles. The van der Waals surface area contributed by atoms with Crippen LogP contribution in [-0.2, 0) is 14.4 Å². The van der Waals surface area contributed by atoms with Gasteiger partial charge in [-0.05, 0) is 32.1 Å². The van der Waals surface area contributed by atoms with Crippen molar-refractivity contribution in [1.29, 1.82) is 0 Å². The SMILES string of the molecule is CC(NC(=O)CN1C(C(=O)O)CC2CCCCC21)C(=O)N(C)C.Cl. The third-order valence-electron chi connectivity index (χ3n) is 5.02. The second kappa shape index (κ2) is 8.67. The molecule has 0 bridgehead atoms. The Bertz CT molecular complexity index is 486. The van der Waals surface area contributed by atoms with E-state index in [0.717, 1.165) is 25.7 Å². The predicted octanol–water partition coefficient (Wildman–Crippen LogP) is 0.719. The fraction of sp³-hybridized carbons (Fsp3) is 0.812. The Kier molecular flexibility index (Phi) is 7.48. The van der Waals surface area contributed by atoms with Crippen molar-refractivity contribution >= 4 is 30.2 Å². The number of likely N-dealkylation sites (tertiary alicyclic amines) is 1. The first-order valence-electron chi connectivity index (χ1n) is 8.30. The molecular weight excluding hydrogens is 334 g/mol. The number of likely N-dealkylation sites (N-methyl/N-ethyl adjacent to an activating group) is 1. The molecule has 138 valence electrons. The van der Waals surface area contributed by atoms with E-state index < -0.39 is 18.1 Å². The van der Waals surface area contributed by atoms with Crippen LogP contribution in [0.15, 0.2) is 0 Å². The second-order valence-electron chi connectivity index (χ2n) is 6.90. The van der Waals surface area contributed by atoms with E-state index in [4.69, 9.17) is 0 Å². The second-order valence-corrected chi connectivity index (χ2v) is 6.90. The van der Waals surface area contributed by atoms with E-state index in [1.165, 1.54) is 4.90 Å². The molecule has 7 nitrogen and oxygen atoms in total. The average Bonchev–Trinajstić information content (AvgIpc) is 2.85. The van der Waals surface area contributed by atoms with Gasteiger partial charge in [-0.1, -0.05) is 12.8 Å². The van der Waals surface area contributed by atoms with E-state index in [2.05, 4.69) is 5.32 Å². The van der Waals surface area contributed by atoms with Crippen LogP contribution in [0.2, 0.25) is 0 Å². The molecule has 1 aliphatic carbocycles. The lowest BCUT2D eigenvalue weighted by Crippen LogP contribution is -2.51. The number of carboxylic acid groups (broad SMARTS) is 1. The molecule has 8 heteroatoms. The number of carboxylic acids is 1. The molecule has 0 aromatic carbocycles. The van der Waals surface area contributed by atoms with Crippen LogP contribution in [0.4, 0.5) is 0 Å². The molecule has 4 atom stereocenters. The van der Waals surface area contributed by atoms with Crippen LogP contribution in [0, 0.1) is 5.92 Å². The van der Waals surface area contributed by atoms with Gasteiger partial charge in [0.15, 0.2) is 0 Å². The number of nitrogens with zero attached hydrogens (tertiary/aromatic N) is 2. The van der Waals surface area contributed by atoms with Gasteiger partial charge in [-0.2, -0.15) is 0 Å². The van der Waals surface area contributed by atoms with Gasteiger partial charge in [0.1, 0.15) is 12.1 Å². The zero-order valence-corrected chi connectivity index (χ0v) is 15.3. The monoisotopic (exact) mass is 361 g/mol. The van der Waals surface area contributed by atoms with Gasteiger partial charge in [0, 0.05) is 20.1 Å². The number of rotatable bonds is 5. The summed E-state index contributed by atoms with van der Waals surface area (Å²) in [7, 11) is 3.27. The molecule has 0 aromatic rings. The third kappa shape index (κ3) is 4.60. The molecule has 2 fully saturated rings. The Morgan fingerprint density at radius 1 is 1.25 bits per heavy atom. The minimum atomic E-state index is -0.857. The number of carbonyl (C=O) groups excluding carboxylic acids is 2. The molecule has 24 heavy (non-hydrogen) atoms. The number of hydrogen-bond donors (Lipinski definition) is 2. The van der Waals surface area contributed by atoms with Crippen LogP contribution in [0.5, 0.6) is 0 Å². The standard InChI is InChI=1S/C16H27N3O4.ClH/c1-10(15(21)18(2)3)17-14(20)9-19-12-7-5-4-6-11(12)8-13(19)16(22)23;/h10-13H,4-9H2,1-3H3,(H,17,20)(H,22,23);1H. The van der Waals surface area contributed by atoms with Crippen LogP contribution in [-0.4, -0.2) is 71.5 Å². The number of carbonyl (C=O) groups is 3. The van der Waals surface area contributed by atoms with Crippen LogP contribution in [0.1, 0.15) is 39.0 Å². The Balaban J connectivity index is 0.00000288. The summed E-state index contributed by atoms with van der Waals surface area (Å²) in [5, 5.41) is 12.1. The number of nitrogens with one attached hydrogen (secondary N) is 1. The van der Waals surface area contributed by atoms with Crippen LogP contribution < -0.4 is 5.32 Å². The molecule has 2 amide bonds. The molecule has 2 N–H and O–H groups in total. The largest absolute Gasteiger partial charge is 0.480 e. The Morgan fingerprint density at radius 3 is 2.46 bits per heavy atom. The summed E-state index contributed by atoms with van der Waals surface area (Å²) in [4.78, 5) is 38.9. The van der Waals surface area contributed by atoms with E-state index in [0.29, 0.717) is 12.3 Å². The number of halogens is 1. The van der Waals surface area contributed by atoms with E-state index in [-0.39, 0.29) is 36.8 Å². The minimum absolute atomic E-state index is 0. The lowest BCUT2D eigenvalue weighted by molar-refractivity contribution is -0.143. The molecule has 2 rings (SSSR count). The topological polar surface area (TPSA) is 90.0 Å². The average molecular weight is 362 g/mol. The summed E-state index contributed by atoms with van der Waals surface area (Å²) in [6.07, 6.45) is 4.85. The summed E-state index contributed by atoms with van der Waals surface area (Å²) in [5.41, 5.74) is 0. The van der Waals surface area contributed by atoms with Crippen molar-refractivity contribution in [3.8, 4) is 0 Å². The third-order valence-corrected chi connectivity index (χ3v) is 5.02. The highest BCUT2D eigenvalue weighted by Gasteiger charge is 2.45. The van der Waals surface area contributed by atoms with Gasteiger partial charge < -0.3 is 15.3 Å². The minimum Gasteiger partial charge on any atom is -0.480 e. The van der Waals surface area contributed by atoms with Gasteiger partial charge in [-0.3, -0.25) is 19.3 Å². The summed E-state index contributed by atoms with van der Waals surface area (Å²) >= 11 is 0. The molecule has 2 aliphatic rings. The highest BCUT2D eigenvalue weighted by Crippen LogP contribution is 2.39. The van der Waals surface area contributed by atoms with Crippen molar-refractivity contribution in [2.45, 2.75) is 57.2 Å². The van der Waals surface area contributed by atoms with Gasteiger partial charge in [0.25, 0.3) is 0 Å². The van der Waals surface area contributed by atoms with Crippen LogP contribution >= 0.6 is 12.4 Å². The molecule has 4 unspecified atom stereocenters. The first-order chi connectivity index (χ1) is 10.8. The van der Waals surface area contributed by atoms with E-state index in [9.17, 15) is 19.5 Å². The Morgan fingerprint density at radius 2 is 1.88 bits per heavy atom. The van der Waals surface area contributed by atoms with Crippen LogP contribution in [0.25, 0.3) is 0 Å². The maximum absolute atomic E-state index is 12.3. The zero-order chi connectivity index (χ0) is 17.1. The normalized spacial score (nSPS) is 27.5. The van der Waals surface area contributed by atoms with E-state index >= 15 is 0 Å². The maximum Gasteiger partial charge on any atom is 0.320 e. The summed E-state index contributed by atoms with van der Waals surface area (Å²) < 4.78 is 0. The molecule has 0 spiro atoms. The van der Waals surface area contributed by atoms with Crippen molar-refractivity contribution in [3.63, 3.8) is 0 Å². The molecule has 0 aromatic heterocycles. The molecule has 1 saturated carbocycles. The Hall–Kier alpha value is -1.34. The maximum atomic E-state index is 12.3. The predicted molar refractivity (Wildman–Crippen MR) is 92.0 cm³/mol. The van der Waals surface area contributed by atoms with Crippen molar-refractivity contribution in [3.05, 3.63) is 0 Å². The highest BCUT2D eigenvalue weighted by atomic mass is 35.5. The first kappa shape index (κ1) is 20.7. The number of hydrogen-bond acceptors (Lipinski definition) is 4. The molecule has 1 saturated heterocycles. The number of fused-ring (bicyclic) bond motifs is 1. The summed E-state index contributed by atoms with van der Waals surface area (Å²) in [5.74, 6) is -0.946. The van der Waals surface area contributed by atoms with Gasteiger partial charge in [0.2, 0.25) is 11.8 Å². The van der Waals surface area contributed by atoms with Crippen LogP contribution in [0.3, 0.4) is 0 Å². The lowest BCUT2D eigenvalue weighted by atomic mass is 9.85. The quantitative estimate of drug-likeness (QED) is 0.753. The fourth-order valence-corrected chi connectivity index (χ4v) is 3.93. The molecule has 1 heterocycles. The first-order valence-corrected chi connectivity index (χ1v) is 8.30. The zero-order valence-electron chi connectivity index (χ0n) is 14.5. The fourth-order valence-electron chi connectivity index (χ4n) is 3.93. The van der Waals surface area contributed by atoms with Gasteiger partial charge in [-0.25, -0.2) is 0 Å². The molecule has 0 radical (unpaired) electrons. The van der Waals surface area contributed by atoms with Crippen molar-refractivity contribution < 1.29 is 19.5 Å². The highest BCUT2D eigenvalue weighted by molar-refractivity contribution is 5.88.